The van der Waals surface area contributed by atoms with Crippen molar-refractivity contribution in [1.82, 2.24) is 4.98 Å². The molecule has 0 unspecified atom stereocenters. The number of nitrogens with zero attached hydrogens (tertiary/aromatic N) is 3. The van der Waals surface area contributed by atoms with E-state index in [0.717, 1.165) is 45.8 Å². The van der Waals surface area contributed by atoms with Crippen LogP contribution in [0.25, 0.3) is 9.53 Å². The van der Waals surface area contributed by atoms with Gasteiger partial charge in [-0.25, -0.2) is 4.98 Å². The van der Waals surface area contributed by atoms with E-state index in [1.54, 1.807) is 46.9 Å². The molecule has 1 aliphatic rings. The Hall–Kier alpha value is -2.47. The highest BCUT2D eigenvalue weighted by Crippen LogP contribution is 2.35. The molecule has 0 radical (unpaired) electrons. The molecule has 0 spiro atoms. The van der Waals surface area contributed by atoms with E-state index >= 15 is 0 Å². The smallest absolute Gasteiger partial charge is 0.229 e. The van der Waals surface area contributed by atoms with Gasteiger partial charge in [-0.1, -0.05) is 11.3 Å². The molecule has 0 saturated carbocycles. The summed E-state index contributed by atoms with van der Waals surface area (Å²) in [6.07, 6.45) is 0.320. The standard InChI is InChI=1S/C18H16N4O2S2/c19-11-12-1-3-13(4-2-12)20-16(23)10-14-9-15-17(25-14)21-18(26-15)22-5-7-24-8-6-22/h1-4,9H,5-8,10H2,(H,20,23). The average molecular weight is 384 g/mol. The van der Waals surface area contributed by atoms with Crippen LogP contribution in [0.5, 0.6) is 0 Å². The van der Waals surface area contributed by atoms with Crippen molar-refractivity contribution in [2.24, 2.45) is 0 Å². The summed E-state index contributed by atoms with van der Waals surface area (Å²) >= 11 is 3.23. The van der Waals surface area contributed by atoms with Crippen molar-refractivity contribution in [3.05, 3.63) is 40.8 Å². The quantitative estimate of drug-likeness (QED) is 0.747. The lowest BCUT2D eigenvalue weighted by Gasteiger charge is -2.25. The average Bonchev–Trinajstić information content (AvgIpc) is 3.21. The van der Waals surface area contributed by atoms with Crippen LogP contribution in [0, 0.1) is 11.3 Å². The number of aromatic nitrogens is 1. The van der Waals surface area contributed by atoms with Gasteiger partial charge in [0.25, 0.3) is 0 Å². The van der Waals surface area contributed by atoms with Crippen LogP contribution in [-0.2, 0) is 16.0 Å². The molecule has 0 bridgehead atoms. The largest absolute Gasteiger partial charge is 0.378 e. The second-order valence-electron chi connectivity index (χ2n) is 5.89. The van der Waals surface area contributed by atoms with E-state index in [1.165, 1.54) is 0 Å². The molecule has 1 saturated heterocycles. The van der Waals surface area contributed by atoms with Gasteiger partial charge in [0.1, 0.15) is 4.83 Å². The molecule has 3 heterocycles. The highest BCUT2D eigenvalue weighted by atomic mass is 32.1. The Morgan fingerprint density at radius 2 is 2.04 bits per heavy atom. The minimum absolute atomic E-state index is 0.0722. The second-order valence-corrected chi connectivity index (χ2v) is 8.02. The number of nitriles is 1. The number of benzene rings is 1. The summed E-state index contributed by atoms with van der Waals surface area (Å²) < 4.78 is 6.50. The maximum atomic E-state index is 12.2. The summed E-state index contributed by atoms with van der Waals surface area (Å²) in [6, 6.07) is 11.0. The molecule has 2 aromatic heterocycles. The van der Waals surface area contributed by atoms with E-state index in [1.807, 2.05) is 0 Å². The first-order chi connectivity index (χ1) is 12.7. The molecule has 0 aliphatic carbocycles. The maximum Gasteiger partial charge on any atom is 0.229 e. The fraction of sp³-hybridized carbons (Fsp3) is 0.278. The van der Waals surface area contributed by atoms with Crippen LogP contribution in [-0.4, -0.2) is 37.2 Å². The van der Waals surface area contributed by atoms with Crippen LogP contribution in [0.4, 0.5) is 10.8 Å². The number of carbonyl (C=O) groups excluding carboxylic acids is 1. The predicted molar refractivity (Wildman–Crippen MR) is 104 cm³/mol. The number of fused-ring (bicyclic) bond motifs is 1. The van der Waals surface area contributed by atoms with E-state index in [0.29, 0.717) is 17.7 Å². The van der Waals surface area contributed by atoms with Gasteiger partial charge in [-0.3, -0.25) is 4.79 Å². The van der Waals surface area contributed by atoms with Gasteiger partial charge in [0.2, 0.25) is 5.91 Å². The predicted octanol–water partition coefficient (Wildman–Crippen LogP) is 3.25. The molecule has 6 nitrogen and oxygen atoms in total. The van der Waals surface area contributed by atoms with Gasteiger partial charge in [-0.15, -0.1) is 11.3 Å². The minimum Gasteiger partial charge on any atom is -0.378 e. The van der Waals surface area contributed by atoms with Gasteiger partial charge in [0.05, 0.1) is 36.0 Å². The van der Waals surface area contributed by atoms with Crippen molar-refractivity contribution >= 4 is 48.9 Å². The first-order valence-electron chi connectivity index (χ1n) is 8.23. The van der Waals surface area contributed by atoms with Crippen molar-refractivity contribution in [3.8, 4) is 6.07 Å². The number of amides is 1. The molecule has 132 valence electrons. The third kappa shape index (κ3) is 3.70. The number of hydrogen-bond acceptors (Lipinski definition) is 7. The molecule has 1 amide bonds. The molecule has 1 aromatic carbocycles. The van der Waals surface area contributed by atoms with Crippen LogP contribution in [0.15, 0.2) is 30.3 Å². The molecule has 3 aromatic rings. The van der Waals surface area contributed by atoms with Crippen LogP contribution in [0.3, 0.4) is 0 Å². The zero-order chi connectivity index (χ0) is 17.9. The zero-order valence-corrected chi connectivity index (χ0v) is 15.5. The molecule has 0 atom stereocenters. The lowest BCUT2D eigenvalue weighted by atomic mass is 10.2. The SMILES string of the molecule is N#Cc1ccc(NC(=O)Cc2cc3sc(N4CCOCC4)nc3s2)cc1. The highest BCUT2D eigenvalue weighted by molar-refractivity contribution is 7.29. The Bertz CT molecular complexity index is 934. The molecule has 1 N–H and O–H groups in total. The van der Waals surface area contributed by atoms with Gasteiger partial charge in [0.15, 0.2) is 5.13 Å². The normalized spacial score (nSPS) is 14.3. The Morgan fingerprint density at radius 1 is 1.27 bits per heavy atom. The number of morpholine rings is 1. The third-order valence-corrected chi connectivity index (χ3v) is 6.26. The van der Waals surface area contributed by atoms with E-state index in [4.69, 9.17) is 15.0 Å². The zero-order valence-electron chi connectivity index (χ0n) is 13.9. The van der Waals surface area contributed by atoms with Crippen LogP contribution < -0.4 is 10.2 Å². The first kappa shape index (κ1) is 17.0. The van der Waals surface area contributed by atoms with Gasteiger partial charge in [-0.2, -0.15) is 5.26 Å². The number of rotatable bonds is 4. The number of carbonyl (C=O) groups is 1. The number of hydrogen-bond donors (Lipinski definition) is 1. The summed E-state index contributed by atoms with van der Waals surface area (Å²) in [5.74, 6) is -0.0722. The van der Waals surface area contributed by atoms with E-state index in [2.05, 4.69) is 22.4 Å². The molecule has 4 rings (SSSR count). The van der Waals surface area contributed by atoms with Crippen molar-refractivity contribution in [2.75, 3.05) is 36.5 Å². The van der Waals surface area contributed by atoms with Gasteiger partial charge < -0.3 is 15.0 Å². The van der Waals surface area contributed by atoms with Gasteiger partial charge >= 0.3 is 0 Å². The van der Waals surface area contributed by atoms with Crippen LogP contribution in [0.1, 0.15) is 10.4 Å². The van der Waals surface area contributed by atoms with E-state index < -0.39 is 0 Å². The molecule has 1 fully saturated rings. The van der Waals surface area contributed by atoms with Crippen molar-refractivity contribution in [3.63, 3.8) is 0 Å². The summed E-state index contributed by atoms with van der Waals surface area (Å²) in [7, 11) is 0. The lowest BCUT2D eigenvalue weighted by molar-refractivity contribution is -0.115. The Morgan fingerprint density at radius 3 is 2.73 bits per heavy atom. The van der Waals surface area contributed by atoms with E-state index in [9.17, 15) is 4.79 Å². The fourth-order valence-corrected chi connectivity index (χ4v) is 5.02. The van der Waals surface area contributed by atoms with Crippen molar-refractivity contribution in [1.29, 1.82) is 5.26 Å². The first-order valence-corrected chi connectivity index (χ1v) is 9.86. The Labute approximate surface area is 158 Å². The molecule has 26 heavy (non-hydrogen) atoms. The number of ether oxygens (including phenoxy) is 1. The van der Waals surface area contributed by atoms with Crippen molar-refractivity contribution in [2.45, 2.75) is 6.42 Å². The Kier molecular flexibility index (Phi) is 4.84. The molecular formula is C18H16N4O2S2. The summed E-state index contributed by atoms with van der Waals surface area (Å²) in [4.78, 5) is 21.2. The highest BCUT2D eigenvalue weighted by Gasteiger charge is 2.17. The molecular weight excluding hydrogens is 368 g/mol. The minimum atomic E-state index is -0.0722. The topological polar surface area (TPSA) is 78.2 Å². The van der Waals surface area contributed by atoms with Crippen molar-refractivity contribution < 1.29 is 9.53 Å². The molecule has 1 aliphatic heterocycles. The maximum absolute atomic E-state index is 12.2. The Balaban J connectivity index is 1.41. The number of thiazole rings is 1. The molecule has 8 heteroatoms. The van der Waals surface area contributed by atoms with E-state index in [-0.39, 0.29) is 5.91 Å². The summed E-state index contributed by atoms with van der Waals surface area (Å²) in [5.41, 5.74) is 1.27. The summed E-state index contributed by atoms with van der Waals surface area (Å²) in [6.45, 7) is 3.24. The summed E-state index contributed by atoms with van der Waals surface area (Å²) in [5, 5.41) is 12.7. The number of thiophene rings is 1. The fourth-order valence-electron chi connectivity index (χ4n) is 2.74. The lowest BCUT2D eigenvalue weighted by Crippen LogP contribution is -2.36. The number of nitrogens with one attached hydrogen (secondary N) is 1. The van der Waals surface area contributed by atoms with Crippen LogP contribution in [0.2, 0.25) is 0 Å². The van der Waals surface area contributed by atoms with Gasteiger partial charge in [0, 0.05) is 23.7 Å². The number of anilines is 2. The van der Waals surface area contributed by atoms with Gasteiger partial charge in [-0.05, 0) is 30.3 Å². The third-order valence-electron chi connectivity index (χ3n) is 4.04. The van der Waals surface area contributed by atoms with Crippen LogP contribution >= 0.6 is 22.7 Å². The second kappa shape index (κ2) is 7.41. The monoisotopic (exact) mass is 384 g/mol.